The van der Waals surface area contributed by atoms with Crippen molar-refractivity contribution < 1.29 is 91.8 Å². The number of rotatable bonds is 6. The number of fused-ring (bicyclic) bond motifs is 1. The molecule has 0 saturated carbocycles. The zero-order chi connectivity index (χ0) is 20.3. The summed E-state index contributed by atoms with van der Waals surface area (Å²) < 4.78 is 38.2. The number of hydrogen-bond donors (Lipinski definition) is 2. The second-order valence-electron chi connectivity index (χ2n) is 5.39. The minimum atomic E-state index is -4.78. The summed E-state index contributed by atoms with van der Waals surface area (Å²) in [6, 6.07) is 11.9. The third-order valence-corrected chi connectivity index (χ3v) is 5.04. The van der Waals surface area contributed by atoms with Gasteiger partial charge in [0.25, 0.3) is 0 Å². The Morgan fingerprint density at radius 1 is 1.07 bits per heavy atom. The van der Waals surface area contributed by atoms with Gasteiger partial charge in [0.1, 0.15) is 15.8 Å². The molecule has 0 heterocycles. The maximum atomic E-state index is 11.3. The minimum Gasteiger partial charge on any atom is -0.744 e. The van der Waals surface area contributed by atoms with Crippen molar-refractivity contribution >= 4 is 50.0 Å². The van der Waals surface area contributed by atoms with Crippen LogP contribution in [-0.2, 0) is 19.5 Å². The molecular weight excluding hydrogens is 456 g/mol. The third kappa shape index (κ3) is 6.38. The molecule has 0 aliphatic carbocycles. The maximum Gasteiger partial charge on any atom is 1.00 e. The molecule has 3 aromatic rings. The summed E-state index contributed by atoms with van der Waals surface area (Å²) in [4.78, 5) is -0.507. The Balaban J connectivity index is 0.00000225. The van der Waals surface area contributed by atoms with E-state index in [0.717, 1.165) is 12.1 Å². The van der Waals surface area contributed by atoms with Crippen molar-refractivity contribution in [2.45, 2.75) is 9.79 Å². The van der Waals surface area contributed by atoms with Crippen molar-refractivity contribution in [2.75, 3.05) is 5.73 Å². The molecule has 0 bridgehead atoms. The molecule has 14 heteroatoms. The van der Waals surface area contributed by atoms with Gasteiger partial charge in [-0.05, 0) is 35.7 Å². The van der Waals surface area contributed by atoms with Crippen molar-refractivity contribution in [3.8, 4) is 5.75 Å². The summed E-state index contributed by atoms with van der Waals surface area (Å²) in [6.45, 7) is 0. The van der Waals surface area contributed by atoms with E-state index in [2.05, 4.69) is 19.6 Å². The van der Waals surface area contributed by atoms with E-state index in [0.29, 0.717) is 17.7 Å². The number of phenolic OH excluding ortho intramolecular Hbond substituents is 1. The molecule has 0 atom stereocenters. The molecule has 0 unspecified atom stereocenters. The summed E-state index contributed by atoms with van der Waals surface area (Å²) in [5.74, 6) is -0.443. The van der Waals surface area contributed by atoms with Crippen molar-refractivity contribution in [2.24, 2.45) is 10.2 Å². The van der Waals surface area contributed by atoms with Crippen molar-refractivity contribution in [3.63, 3.8) is 0 Å². The fourth-order valence-electron chi connectivity index (χ4n) is 2.45. The van der Waals surface area contributed by atoms with E-state index in [1.807, 2.05) is 0 Å². The number of nitrogen functional groups attached to an aromatic ring is 1. The predicted octanol–water partition coefficient (Wildman–Crippen LogP) is -3.31. The molecule has 0 spiro atoms. The van der Waals surface area contributed by atoms with E-state index in [1.165, 1.54) is 6.07 Å². The summed E-state index contributed by atoms with van der Waals surface area (Å²) in [5.41, 5.74) is 6.07. The molecule has 0 saturated heterocycles. The van der Waals surface area contributed by atoms with E-state index in [4.69, 9.17) is 5.73 Å². The quantitative estimate of drug-likeness (QED) is 0.0716. The Kier molecular flexibility index (Phi) is 10.7. The van der Waals surface area contributed by atoms with E-state index in [1.54, 1.807) is 30.3 Å². The predicted molar refractivity (Wildman–Crippen MR) is 96.6 cm³/mol. The van der Waals surface area contributed by atoms with E-state index in [-0.39, 0.29) is 86.2 Å². The van der Waals surface area contributed by atoms with Gasteiger partial charge in [-0.25, -0.2) is 8.42 Å². The Morgan fingerprint density at radius 2 is 1.73 bits per heavy atom. The van der Waals surface area contributed by atoms with Crippen LogP contribution in [0.15, 0.2) is 68.6 Å². The molecule has 146 valence electrons. The van der Waals surface area contributed by atoms with Crippen LogP contribution in [0, 0.1) is 0 Å². The van der Waals surface area contributed by atoms with Gasteiger partial charge in [0, 0.05) is 11.1 Å². The largest absolute Gasteiger partial charge is 1.00 e. The first kappa shape index (κ1) is 27.3. The van der Waals surface area contributed by atoms with Gasteiger partial charge in [0.15, 0.2) is 5.75 Å². The SMILES string of the molecule is Nc1cc(S(=O)(=O)[O-])cc2cc(SOO[O-])c(N=Nc3ccccc3)c(O)c12.[Na+].[Na+]. The summed E-state index contributed by atoms with van der Waals surface area (Å²) in [5, 5.41) is 32.3. The van der Waals surface area contributed by atoms with Crippen molar-refractivity contribution in [1.29, 1.82) is 0 Å². The number of phenols is 1. The Labute approximate surface area is 219 Å². The number of hydrogen-bond acceptors (Lipinski definition) is 11. The standard InChI is InChI=1S/C16H13N3O7S2.2Na/c17-12-8-11(28(22,23)24)6-9-7-13(27-26-25-21)15(16(20)14(9)12)19-18-10-4-2-1-3-5-10;;/h1-8,20-21H,17H2,(H,22,23,24);;/q;2*+1/p-2. The smallest absolute Gasteiger partial charge is 0.744 e. The molecule has 3 N–H and O–H groups in total. The molecule has 30 heavy (non-hydrogen) atoms. The van der Waals surface area contributed by atoms with E-state index < -0.39 is 20.8 Å². The number of nitrogens with zero attached hydrogens (tertiary/aromatic N) is 2. The van der Waals surface area contributed by atoms with Gasteiger partial charge in [-0.2, -0.15) is 9.45 Å². The van der Waals surface area contributed by atoms with Crippen molar-refractivity contribution in [1.82, 2.24) is 0 Å². The van der Waals surface area contributed by atoms with Gasteiger partial charge < -0.3 is 20.7 Å². The van der Waals surface area contributed by atoms with Crippen LogP contribution >= 0.6 is 12.0 Å². The molecule has 3 rings (SSSR count). The van der Waals surface area contributed by atoms with Crippen LogP contribution < -0.4 is 70.1 Å². The molecule has 3 aromatic carbocycles. The molecule has 0 aliphatic rings. The number of aromatic hydroxyl groups is 1. The van der Waals surface area contributed by atoms with Crippen LogP contribution in [-0.4, -0.2) is 18.1 Å². The first-order valence-corrected chi connectivity index (χ1v) is 9.61. The van der Waals surface area contributed by atoms with Gasteiger partial charge in [0.2, 0.25) is 0 Å². The molecular formula is C16H11N3Na2O7S2. The second kappa shape index (κ2) is 11.8. The van der Waals surface area contributed by atoms with Crippen LogP contribution in [0.25, 0.3) is 10.8 Å². The van der Waals surface area contributed by atoms with Crippen LogP contribution in [0.2, 0.25) is 0 Å². The Hall–Kier alpha value is -0.740. The second-order valence-corrected chi connectivity index (χ2v) is 7.51. The fourth-order valence-corrected chi connectivity index (χ4v) is 3.48. The zero-order valence-electron chi connectivity index (χ0n) is 15.8. The number of anilines is 1. The van der Waals surface area contributed by atoms with Crippen molar-refractivity contribution in [3.05, 3.63) is 48.5 Å². The van der Waals surface area contributed by atoms with Gasteiger partial charge in [-0.3, -0.25) is 5.04 Å². The summed E-state index contributed by atoms with van der Waals surface area (Å²) in [6.07, 6.45) is 0. The third-order valence-electron chi connectivity index (χ3n) is 3.62. The Morgan fingerprint density at radius 3 is 2.33 bits per heavy atom. The number of azo groups is 1. The molecule has 0 aromatic heterocycles. The topological polar surface area (TPSA) is 170 Å². The van der Waals surface area contributed by atoms with Crippen LogP contribution in [0.1, 0.15) is 0 Å². The first-order valence-electron chi connectivity index (χ1n) is 7.46. The number of benzene rings is 3. The number of nitrogens with two attached hydrogens (primary N) is 1. The van der Waals surface area contributed by atoms with Crippen LogP contribution in [0.4, 0.5) is 17.1 Å². The molecule has 10 nitrogen and oxygen atoms in total. The van der Waals surface area contributed by atoms with E-state index >= 15 is 0 Å². The average molecular weight is 467 g/mol. The maximum absolute atomic E-state index is 11.3. The summed E-state index contributed by atoms with van der Waals surface area (Å²) >= 11 is 0.414. The zero-order valence-corrected chi connectivity index (χ0v) is 21.4. The monoisotopic (exact) mass is 467 g/mol. The first-order chi connectivity index (χ1) is 13.3. The Bertz CT molecular complexity index is 1160. The summed E-state index contributed by atoms with van der Waals surface area (Å²) in [7, 11) is -4.78. The van der Waals surface area contributed by atoms with Gasteiger partial charge in [-0.15, -0.1) is 5.11 Å². The van der Waals surface area contributed by atoms with Gasteiger partial charge >= 0.3 is 59.1 Å². The molecule has 0 aliphatic heterocycles. The fraction of sp³-hybridized carbons (Fsp3) is 0. The normalized spacial score (nSPS) is 11.3. The average Bonchev–Trinajstić information content (AvgIpc) is 2.65. The van der Waals surface area contributed by atoms with Gasteiger partial charge in [0.05, 0.1) is 27.5 Å². The van der Waals surface area contributed by atoms with Crippen LogP contribution in [0.3, 0.4) is 0 Å². The molecule has 0 fully saturated rings. The molecule has 0 radical (unpaired) electrons. The van der Waals surface area contributed by atoms with E-state index in [9.17, 15) is 23.3 Å². The molecule has 0 amide bonds. The van der Waals surface area contributed by atoms with Crippen LogP contribution in [0.5, 0.6) is 5.75 Å². The minimum absolute atomic E-state index is 0. The van der Waals surface area contributed by atoms with Gasteiger partial charge in [-0.1, -0.05) is 18.2 Å².